The lowest BCUT2D eigenvalue weighted by Crippen LogP contribution is -2.51. The zero-order chi connectivity index (χ0) is 27.5. The van der Waals surface area contributed by atoms with Gasteiger partial charge in [0.25, 0.3) is 0 Å². The summed E-state index contributed by atoms with van der Waals surface area (Å²) in [6.07, 6.45) is 7.79. The molecule has 1 aliphatic heterocycles. The summed E-state index contributed by atoms with van der Waals surface area (Å²) in [4.78, 5) is 48.6. The Morgan fingerprint density at radius 2 is 1.72 bits per heavy atom. The van der Waals surface area contributed by atoms with E-state index in [9.17, 15) is 14.4 Å². The Balaban J connectivity index is 1.29. The molecule has 4 rings (SSSR count). The highest BCUT2D eigenvalue weighted by Gasteiger charge is 2.26. The normalized spacial score (nSPS) is 14.5. The van der Waals surface area contributed by atoms with Gasteiger partial charge in [-0.05, 0) is 42.0 Å². The molecule has 2 aromatic heterocycles. The van der Waals surface area contributed by atoms with Crippen LogP contribution in [0.1, 0.15) is 24.1 Å². The van der Waals surface area contributed by atoms with Gasteiger partial charge in [-0.2, -0.15) is 0 Å². The van der Waals surface area contributed by atoms with E-state index in [1.807, 2.05) is 18.2 Å². The number of amides is 3. The van der Waals surface area contributed by atoms with Gasteiger partial charge >= 0.3 is 0 Å². The fourth-order valence-corrected chi connectivity index (χ4v) is 4.24. The van der Waals surface area contributed by atoms with Crippen molar-refractivity contribution in [2.45, 2.75) is 31.4 Å². The molecule has 0 aliphatic carbocycles. The van der Waals surface area contributed by atoms with Crippen LogP contribution >= 0.6 is 11.6 Å². The summed E-state index contributed by atoms with van der Waals surface area (Å²) in [5, 5.41) is 6.01. The van der Waals surface area contributed by atoms with Gasteiger partial charge < -0.3 is 20.3 Å². The largest absolute Gasteiger partial charge is 0.474 e. The Morgan fingerprint density at radius 3 is 2.38 bits per heavy atom. The summed E-state index contributed by atoms with van der Waals surface area (Å²) in [7, 11) is 0. The summed E-state index contributed by atoms with van der Waals surface area (Å²) in [6, 6.07) is 17.0. The fourth-order valence-electron chi connectivity index (χ4n) is 4.11. The number of benzene rings is 1. The Kier molecular flexibility index (Phi) is 10.0. The highest BCUT2D eigenvalue weighted by Crippen LogP contribution is 2.17. The Labute approximate surface area is 232 Å². The van der Waals surface area contributed by atoms with E-state index in [0.29, 0.717) is 42.5 Å². The molecule has 3 aromatic rings. The van der Waals surface area contributed by atoms with E-state index in [1.165, 1.54) is 6.08 Å². The van der Waals surface area contributed by atoms with Crippen molar-refractivity contribution in [3.63, 3.8) is 0 Å². The van der Waals surface area contributed by atoms with Crippen molar-refractivity contribution in [3.8, 4) is 5.88 Å². The minimum atomic E-state index is -0.910. The van der Waals surface area contributed by atoms with Gasteiger partial charge in [0.2, 0.25) is 23.6 Å². The first kappa shape index (κ1) is 27.8. The number of nitrogens with zero attached hydrogens (tertiary/aromatic N) is 3. The predicted molar refractivity (Wildman–Crippen MR) is 148 cm³/mol. The first-order valence-corrected chi connectivity index (χ1v) is 13.1. The van der Waals surface area contributed by atoms with E-state index in [1.54, 1.807) is 65.8 Å². The standard InChI is InChI=1S/C29H30ClN5O4/c30-22-10-7-21(8-11-22)9-12-26(36)34-25(19-23-5-1-3-15-31-23)29(38)33-20-28(37)35-17-13-24(14-18-35)39-27-6-2-4-16-32-27/h1-12,15-16,24-25H,13-14,17-20H2,(H,33,38)(H,34,36)/t25-/m0/s1. The highest BCUT2D eigenvalue weighted by molar-refractivity contribution is 6.30. The molecule has 202 valence electrons. The summed E-state index contributed by atoms with van der Waals surface area (Å²) >= 11 is 5.90. The zero-order valence-electron chi connectivity index (χ0n) is 21.3. The van der Waals surface area contributed by atoms with E-state index in [-0.39, 0.29) is 25.0 Å². The van der Waals surface area contributed by atoms with Crippen molar-refractivity contribution in [2.75, 3.05) is 19.6 Å². The average Bonchev–Trinajstić information content (AvgIpc) is 2.96. The van der Waals surface area contributed by atoms with Crippen LogP contribution in [0, 0.1) is 0 Å². The fraction of sp³-hybridized carbons (Fsp3) is 0.276. The van der Waals surface area contributed by atoms with Crippen LogP contribution in [-0.4, -0.2) is 64.4 Å². The lowest BCUT2D eigenvalue weighted by molar-refractivity contribution is -0.135. The molecule has 0 bridgehead atoms. The Morgan fingerprint density at radius 1 is 1.00 bits per heavy atom. The number of nitrogens with one attached hydrogen (secondary N) is 2. The molecule has 0 saturated carbocycles. The molecule has 1 fully saturated rings. The number of halogens is 1. The second-order valence-corrected chi connectivity index (χ2v) is 9.49. The molecular formula is C29H30ClN5O4. The smallest absolute Gasteiger partial charge is 0.244 e. The number of carbonyl (C=O) groups is 3. The topological polar surface area (TPSA) is 114 Å². The third kappa shape index (κ3) is 8.93. The molecule has 10 heteroatoms. The van der Waals surface area contributed by atoms with Gasteiger partial charge in [-0.15, -0.1) is 0 Å². The number of hydrogen-bond acceptors (Lipinski definition) is 6. The maximum atomic E-state index is 13.0. The molecule has 2 N–H and O–H groups in total. The summed E-state index contributed by atoms with van der Waals surface area (Å²) < 4.78 is 5.88. The van der Waals surface area contributed by atoms with Crippen LogP contribution in [0.5, 0.6) is 5.88 Å². The predicted octanol–water partition coefficient (Wildman–Crippen LogP) is 3.06. The lowest BCUT2D eigenvalue weighted by atomic mass is 10.1. The van der Waals surface area contributed by atoms with Gasteiger partial charge in [0.15, 0.2) is 0 Å². The first-order valence-electron chi connectivity index (χ1n) is 12.7. The van der Waals surface area contributed by atoms with Crippen molar-refractivity contribution >= 4 is 35.4 Å². The monoisotopic (exact) mass is 547 g/mol. The molecule has 1 atom stereocenters. The van der Waals surface area contributed by atoms with Crippen molar-refractivity contribution in [3.05, 3.63) is 95.4 Å². The van der Waals surface area contributed by atoms with Crippen LogP contribution in [0.25, 0.3) is 6.08 Å². The molecule has 0 radical (unpaired) electrons. The maximum Gasteiger partial charge on any atom is 0.244 e. The summed E-state index contributed by atoms with van der Waals surface area (Å²) in [5.41, 5.74) is 1.43. The quantitative estimate of drug-likeness (QED) is 0.377. The van der Waals surface area contributed by atoms with Gasteiger partial charge in [0.1, 0.15) is 12.1 Å². The van der Waals surface area contributed by atoms with Gasteiger partial charge in [0, 0.05) is 67.6 Å². The number of pyridine rings is 2. The van der Waals surface area contributed by atoms with Crippen molar-refractivity contribution in [1.82, 2.24) is 25.5 Å². The van der Waals surface area contributed by atoms with E-state index in [0.717, 1.165) is 5.56 Å². The second-order valence-electron chi connectivity index (χ2n) is 9.06. The van der Waals surface area contributed by atoms with Gasteiger partial charge in [0.05, 0.1) is 6.54 Å². The second kappa shape index (κ2) is 14.1. The zero-order valence-corrected chi connectivity index (χ0v) is 22.1. The van der Waals surface area contributed by atoms with Crippen LogP contribution in [0.3, 0.4) is 0 Å². The van der Waals surface area contributed by atoms with Crippen molar-refractivity contribution in [1.29, 1.82) is 0 Å². The molecule has 9 nitrogen and oxygen atoms in total. The maximum absolute atomic E-state index is 13.0. The van der Waals surface area contributed by atoms with Crippen molar-refractivity contribution in [2.24, 2.45) is 0 Å². The summed E-state index contributed by atoms with van der Waals surface area (Å²) in [6.45, 7) is 0.880. The SMILES string of the molecule is O=C(C=Cc1ccc(Cl)cc1)N[C@@H](Cc1ccccn1)C(=O)NCC(=O)N1CCC(Oc2ccccn2)CC1. The van der Waals surface area contributed by atoms with Gasteiger partial charge in [-0.1, -0.05) is 35.9 Å². The minimum Gasteiger partial charge on any atom is -0.474 e. The molecule has 3 heterocycles. The number of carbonyl (C=O) groups excluding carboxylic acids is 3. The molecule has 1 saturated heterocycles. The van der Waals surface area contributed by atoms with E-state index < -0.39 is 17.9 Å². The van der Waals surface area contributed by atoms with Crippen molar-refractivity contribution < 1.29 is 19.1 Å². The third-order valence-corrected chi connectivity index (χ3v) is 6.46. The number of rotatable bonds is 10. The van der Waals surface area contributed by atoms with Crippen LogP contribution in [0.15, 0.2) is 79.1 Å². The van der Waals surface area contributed by atoms with Crippen LogP contribution in [0.2, 0.25) is 5.02 Å². The molecule has 1 aliphatic rings. The molecular weight excluding hydrogens is 518 g/mol. The number of piperidine rings is 1. The Bertz CT molecular complexity index is 1260. The minimum absolute atomic E-state index is 0.0163. The highest BCUT2D eigenvalue weighted by atomic mass is 35.5. The number of aromatic nitrogens is 2. The lowest BCUT2D eigenvalue weighted by Gasteiger charge is -2.32. The van der Waals surface area contributed by atoms with E-state index in [2.05, 4.69) is 20.6 Å². The summed E-state index contributed by atoms with van der Waals surface area (Å²) in [5.74, 6) is -0.526. The number of hydrogen-bond donors (Lipinski definition) is 2. The number of ether oxygens (including phenoxy) is 1. The number of likely N-dealkylation sites (tertiary alicyclic amines) is 1. The molecule has 1 aromatic carbocycles. The van der Waals surface area contributed by atoms with Crippen LogP contribution in [-0.2, 0) is 20.8 Å². The van der Waals surface area contributed by atoms with Crippen LogP contribution < -0.4 is 15.4 Å². The van der Waals surface area contributed by atoms with Crippen LogP contribution in [0.4, 0.5) is 0 Å². The average molecular weight is 548 g/mol. The van der Waals surface area contributed by atoms with E-state index in [4.69, 9.17) is 16.3 Å². The van der Waals surface area contributed by atoms with Gasteiger partial charge in [-0.3, -0.25) is 19.4 Å². The third-order valence-electron chi connectivity index (χ3n) is 6.20. The molecule has 0 spiro atoms. The molecule has 39 heavy (non-hydrogen) atoms. The molecule has 3 amide bonds. The molecule has 0 unspecified atom stereocenters. The van der Waals surface area contributed by atoms with E-state index >= 15 is 0 Å². The Hall–Kier alpha value is -4.24. The first-order chi connectivity index (χ1) is 19.0. The van der Waals surface area contributed by atoms with Gasteiger partial charge in [-0.25, -0.2) is 4.98 Å².